The van der Waals surface area contributed by atoms with E-state index in [0.29, 0.717) is 36.9 Å². The summed E-state index contributed by atoms with van der Waals surface area (Å²) in [6.07, 6.45) is 1.46. The van der Waals surface area contributed by atoms with Gasteiger partial charge in [-0.15, -0.1) is 0 Å². The Hall–Kier alpha value is -2.88. The molecular formula is C24H26N2O6S. The van der Waals surface area contributed by atoms with Crippen LogP contribution in [-0.4, -0.2) is 50.2 Å². The van der Waals surface area contributed by atoms with Gasteiger partial charge in [0.05, 0.1) is 16.5 Å². The summed E-state index contributed by atoms with van der Waals surface area (Å²) in [6.45, 7) is 3.43. The molecule has 33 heavy (non-hydrogen) atoms. The highest BCUT2D eigenvalue weighted by Gasteiger charge is 2.31. The van der Waals surface area contributed by atoms with Crippen LogP contribution in [0.1, 0.15) is 24.0 Å². The van der Waals surface area contributed by atoms with Crippen LogP contribution in [0.15, 0.2) is 52.2 Å². The smallest absolute Gasteiger partial charge is 0.252 e. The van der Waals surface area contributed by atoms with Crippen LogP contribution in [0.4, 0.5) is 0 Å². The third-order valence-electron chi connectivity index (χ3n) is 6.09. The van der Waals surface area contributed by atoms with Crippen molar-refractivity contribution >= 4 is 20.9 Å². The molecular weight excluding hydrogens is 444 g/mol. The molecule has 1 N–H and O–H groups in total. The van der Waals surface area contributed by atoms with Crippen molar-refractivity contribution in [1.82, 2.24) is 9.29 Å². The molecule has 5 rings (SSSR count). The van der Waals surface area contributed by atoms with Crippen LogP contribution in [0, 0.1) is 6.92 Å². The molecule has 1 aromatic heterocycles. The molecule has 0 spiro atoms. The predicted molar refractivity (Wildman–Crippen MR) is 123 cm³/mol. The second-order valence-electron chi connectivity index (χ2n) is 8.40. The molecule has 174 valence electrons. The van der Waals surface area contributed by atoms with Crippen molar-refractivity contribution in [2.75, 3.05) is 26.4 Å². The quantitative estimate of drug-likeness (QED) is 0.595. The van der Waals surface area contributed by atoms with Gasteiger partial charge in [-0.25, -0.2) is 8.42 Å². The van der Waals surface area contributed by atoms with Crippen LogP contribution < -0.4 is 15.0 Å². The normalized spacial score (nSPS) is 18.2. The Morgan fingerprint density at radius 2 is 1.88 bits per heavy atom. The van der Waals surface area contributed by atoms with Crippen molar-refractivity contribution in [3.05, 3.63) is 63.9 Å². The fourth-order valence-electron chi connectivity index (χ4n) is 4.33. The number of fused-ring (bicyclic) bond motifs is 2. The zero-order valence-electron chi connectivity index (χ0n) is 18.4. The zero-order valence-corrected chi connectivity index (χ0v) is 19.2. The number of pyridine rings is 1. The van der Waals surface area contributed by atoms with E-state index in [-0.39, 0.29) is 29.6 Å². The number of H-pyrrole nitrogens is 1. The number of hydrogen-bond acceptors (Lipinski definition) is 6. The maximum Gasteiger partial charge on any atom is 0.252 e. The highest BCUT2D eigenvalue weighted by molar-refractivity contribution is 7.89. The highest BCUT2D eigenvalue weighted by atomic mass is 32.2. The lowest BCUT2D eigenvalue weighted by Crippen LogP contribution is -2.38. The molecule has 0 aliphatic carbocycles. The van der Waals surface area contributed by atoms with Crippen molar-refractivity contribution < 1.29 is 22.6 Å². The van der Waals surface area contributed by atoms with Crippen LogP contribution in [0.25, 0.3) is 10.9 Å². The fraction of sp³-hybridized carbons (Fsp3) is 0.375. The summed E-state index contributed by atoms with van der Waals surface area (Å²) in [6, 6.07) is 12.1. The number of para-hydroxylation sites is 1. The van der Waals surface area contributed by atoms with Crippen LogP contribution in [0.3, 0.4) is 0 Å². The Morgan fingerprint density at radius 1 is 1.06 bits per heavy atom. The van der Waals surface area contributed by atoms with Crippen molar-refractivity contribution in [2.24, 2.45) is 0 Å². The van der Waals surface area contributed by atoms with Gasteiger partial charge in [-0.05, 0) is 48.9 Å². The summed E-state index contributed by atoms with van der Waals surface area (Å²) in [5.74, 6) is 0.922. The van der Waals surface area contributed by atoms with E-state index < -0.39 is 10.0 Å². The van der Waals surface area contributed by atoms with Gasteiger partial charge in [-0.2, -0.15) is 4.31 Å². The van der Waals surface area contributed by atoms with E-state index in [4.69, 9.17) is 14.2 Å². The van der Waals surface area contributed by atoms with Gasteiger partial charge in [-0.3, -0.25) is 4.79 Å². The van der Waals surface area contributed by atoms with Crippen molar-refractivity contribution in [3.8, 4) is 11.5 Å². The molecule has 3 heterocycles. The van der Waals surface area contributed by atoms with Gasteiger partial charge in [0, 0.05) is 31.3 Å². The molecule has 2 aliphatic rings. The SMILES string of the molecule is Cc1cccc2cc(CN(CC3CCCO3)S(=O)(=O)c3ccc4c(c3)OCCO4)c(=O)[nH]c12. The van der Waals surface area contributed by atoms with Crippen molar-refractivity contribution in [2.45, 2.75) is 37.3 Å². The van der Waals surface area contributed by atoms with E-state index in [1.54, 1.807) is 12.1 Å². The molecule has 9 heteroatoms. The molecule has 1 saturated heterocycles. The number of benzene rings is 2. The summed E-state index contributed by atoms with van der Waals surface area (Å²) in [7, 11) is -3.93. The molecule has 1 unspecified atom stereocenters. The molecule has 0 bridgehead atoms. The van der Waals surface area contributed by atoms with Crippen LogP contribution in [-0.2, 0) is 21.3 Å². The number of aromatic nitrogens is 1. The zero-order chi connectivity index (χ0) is 23.0. The average Bonchev–Trinajstić information content (AvgIpc) is 3.33. The number of hydrogen-bond donors (Lipinski definition) is 1. The average molecular weight is 471 g/mol. The van der Waals surface area contributed by atoms with E-state index in [1.807, 2.05) is 25.1 Å². The first kappa shape index (κ1) is 21.9. The molecule has 1 fully saturated rings. The van der Waals surface area contributed by atoms with Gasteiger partial charge in [-0.1, -0.05) is 18.2 Å². The van der Waals surface area contributed by atoms with E-state index in [2.05, 4.69) is 4.98 Å². The number of sulfonamides is 1. The minimum absolute atomic E-state index is 0.0597. The van der Waals surface area contributed by atoms with Gasteiger partial charge < -0.3 is 19.2 Å². The Kier molecular flexibility index (Phi) is 5.86. The third kappa shape index (κ3) is 4.36. The molecule has 0 radical (unpaired) electrons. The van der Waals surface area contributed by atoms with Gasteiger partial charge in [0.15, 0.2) is 11.5 Å². The number of aryl methyl sites for hydroxylation is 1. The predicted octanol–water partition coefficient (Wildman–Crippen LogP) is 2.98. The van der Waals surface area contributed by atoms with E-state index in [0.717, 1.165) is 29.3 Å². The fourth-order valence-corrected chi connectivity index (χ4v) is 5.80. The van der Waals surface area contributed by atoms with Gasteiger partial charge >= 0.3 is 0 Å². The van der Waals surface area contributed by atoms with E-state index >= 15 is 0 Å². The minimum atomic E-state index is -3.93. The Labute approximate surface area is 192 Å². The lowest BCUT2D eigenvalue weighted by Gasteiger charge is -2.26. The van der Waals surface area contributed by atoms with Crippen molar-refractivity contribution in [3.63, 3.8) is 0 Å². The maximum absolute atomic E-state index is 13.7. The lowest BCUT2D eigenvalue weighted by molar-refractivity contribution is 0.0925. The molecule has 1 atom stereocenters. The summed E-state index contributed by atoms with van der Waals surface area (Å²) >= 11 is 0. The first-order valence-corrected chi connectivity index (χ1v) is 12.5. The summed E-state index contributed by atoms with van der Waals surface area (Å²) in [4.78, 5) is 15.9. The molecule has 0 amide bonds. The van der Waals surface area contributed by atoms with Gasteiger partial charge in [0.2, 0.25) is 10.0 Å². The van der Waals surface area contributed by atoms with Gasteiger partial charge in [0.25, 0.3) is 5.56 Å². The Morgan fingerprint density at radius 3 is 2.67 bits per heavy atom. The number of nitrogens with zero attached hydrogens (tertiary/aromatic N) is 1. The van der Waals surface area contributed by atoms with Crippen LogP contribution in [0.5, 0.6) is 11.5 Å². The summed E-state index contributed by atoms with van der Waals surface area (Å²) in [5.41, 5.74) is 1.79. The van der Waals surface area contributed by atoms with Crippen LogP contribution >= 0.6 is 0 Å². The maximum atomic E-state index is 13.7. The number of rotatable bonds is 6. The summed E-state index contributed by atoms with van der Waals surface area (Å²) in [5, 5.41) is 0.860. The van der Waals surface area contributed by atoms with Gasteiger partial charge in [0.1, 0.15) is 13.2 Å². The van der Waals surface area contributed by atoms with Crippen LogP contribution in [0.2, 0.25) is 0 Å². The molecule has 2 aromatic carbocycles. The summed E-state index contributed by atoms with van der Waals surface area (Å²) < 4.78 is 45.6. The molecule has 0 saturated carbocycles. The Balaban J connectivity index is 1.53. The monoisotopic (exact) mass is 470 g/mol. The first-order valence-electron chi connectivity index (χ1n) is 11.0. The minimum Gasteiger partial charge on any atom is -0.486 e. The number of nitrogens with one attached hydrogen (secondary N) is 1. The number of ether oxygens (including phenoxy) is 3. The molecule has 3 aromatic rings. The first-order chi connectivity index (χ1) is 15.9. The van der Waals surface area contributed by atoms with E-state index in [9.17, 15) is 13.2 Å². The molecule has 8 nitrogen and oxygen atoms in total. The largest absolute Gasteiger partial charge is 0.486 e. The van der Waals surface area contributed by atoms with Crippen molar-refractivity contribution in [1.29, 1.82) is 0 Å². The third-order valence-corrected chi connectivity index (χ3v) is 7.90. The second-order valence-corrected chi connectivity index (χ2v) is 10.3. The lowest BCUT2D eigenvalue weighted by atomic mass is 10.1. The topological polar surface area (TPSA) is 97.9 Å². The Bertz CT molecular complexity index is 1340. The second kappa shape index (κ2) is 8.81. The highest BCUT2D eigenvalue weighted by Crippen LogP contribution is 2.33. The standard InChI is InChI=1S/C24H26N2O6S/c1-16-4-2-5-17-12-18(24(27)25-23(16)17)14-26(15-19-6-3-9-30-19)33(28,29)20-7-8-21-22(13-20)32-11-10-31-21/h2,4-5,7-8,12-13,19H,3,6,9-11,14-15H2,1H3,(H,25,27). The van der Waals surface area contributed by atoms with E-state index in [1.165, 1.54) is 16.4 Å². The molecule has 2 aliphatic heterocycles. The number of aromatic amines is 1.